The minimum Gasteiger partial charge on any atom is -0.478 e. The topological polar surface area (TPSA) is 38.8 Å². The zero-order valence-corrected chi connectivity index (χ0v) is 17.7. The van der Waals surface area contributed by atoms with E-state index in [0.29, 0.717) is 41.9 Å². The van der Waals surface area contributed by atoms with Gasteiger partial charge in [0.15, 0.2) is 5.76 Å². The van der Waals surface area contributed by atoms with Crippen molar-refractivity contribution in [1.82, 2.24) is 4.90 Å². The fraction of sp³-hybridized carbons (Fsp3) is 0.125. The number of rotatable bonds is 3. The number of ketones is 1. The van der Waals surface area contributed by atoms with Gasteiger partial charge in [0.25, 0.3) is 0 Å². The Labute approximate surface area is 188 Å². The monoisotopic (exact) mass is 455 g/mol. The lowest BCUT2D eigenvalue weighted by molar-refractivity contribution is 0.0873. The van der Waals surface area contributed by atoms with Crippen LogP contribution in [0.25, 0.3) is 6.08 Å². The van der Waals surface area contributed by atoms with E-state index in [2.05, 4.69) is 4.90 Å². The van der Waals surface area contributed by atoms with Gasteiger partial charge in [-0.05, 0) is 42.0 Å². The van der Waals surface area contributed by atoms with Crippen LogP contribution in [-0.2, 0) is 13.1 Å². The van der Waals surface area contributed by atoms with E-state index >= 15 is 0 Å². The molecule has 0 bridgehead atoms. The number of hydrogen-bond acceptors (Lipinski definition) is 4. The molecule has 2 aliphatic heterocycles. The van der Waals surface area contributed by atoms with Gasteiger partial charge < -0.3 is 9.47 Å². The van der Waals surface area contributed by atoms with Gasteiger partial charge in [-0.15, -0.1) is 0 Å². The van der Waals surface area contributed by atoms with Gasteiger partial charge in [0, 0.05) is 23.7 Å². The van der Waals surface area contributed by atoms with Crippen LogP contribution in [0.3, 0.4) is 0 Å². The lowest BCUT2D eigenvalue weighted by atomic mass is 10.0. The van der Waals surface area contributed by atoms with E-state index in [9.17, 15) is 9.18 Å². The molecule has 0 atom stereocenters. The number of ether oxygens (including phenoxy) is 2. The maximum Gasteiger partial charge on any atom is 0.231 e. The van der Waals surface area contributed by atoms with Crippen molar-refractivity contribution in [3.63, 3.8) is 0 Å². The zero-order chi connectivity index (χ0) is 21.5. The highest BCUT2D eigenvalue weighted by atomic mass is 35.5. The Morgan fingerprint density at radius 3 is 2.65 bits per heavy atom. The summed E-state index contributed by atoms with van der Waals surface area (Å²) in [5.41, 5.74) is 2.29. The Morgan fingerprint density at radius 2 is 1.84 bits per heavy atom. The molecule has 3 aromatic rings. The fourth-order valence-corrected chi connectivity index (χ4v) is 4.17. The number of allylic oxidation sites excluding steroid dienone is 1. The molecule has 0 aromatic heterocycles. The van der Waals surface area contributed by atoms with Crippen molar-refractivity contribution in [2.45, 2.75) is 13.1 Å². The molecule has 2 heterocycles. The van der Waals surface area contributed by atoms with Crippen LogP contribution in [0.4, 0.5) is 4.39 Å². The van der Waals surface area contributed by atoms with Crippen LogP contribution >= 0.6 is 23.2 Å². The number of halogens is 3. The van der Waals surface area contributed by atoms with Gasteiger partial charge in [-0.3, -0.25) is 9.69 Å². The number of Topliss-reactive ketones (excluding diaryl/α,β-unsaturated/α-hetero) is 1. The van der Waals surface area contributed by atoms with E-state index in [4.69, 9.17) is 32.7 Å². The Kier molecular flexibility index (Phi) is 5.18. The van der Waals surface area contributed by atoms with Gasteiger partial charge in [0.1, 0.15) is 24.0 Å². The molecule has 156 valence electrons. The highest BCUT2D eigenvalue weighted by molar-refractivity contribution is 6.32. The van der Waals surface area contributed by atoms with Crippen molar-refractivity contribution in [2.24, 2.45) is 0 Å². The summed E-state index contributed by atoms with van der Waals surface area (Å²) in [7, 11) is 0. The number of carbonyl (C=O) groups excluding carboxylic acids is 1. The van der Waals surface area contributed by atoms with Crippen molar-refractivity contribution in [3.8, 4) is 11.5 Å². The minimum absolute atomic E-state index is 0.0265. The first-order valence-electron chi connectivity index (χ1n) is 9.64. The smallest absolute Gasteiger partial charge is 0.231 e. The van der Waals surface area contributed by atoms with E-state index in [1.807, 2.05) is 24.3 Å². The van der Waals surface area contributed by atoms with Crippen LogP contribution in [0.1, 0.15) is 27.0 Å². The molecule has 0 fully saturated rings. The fourth-order valence-electron chi connectivity index (χ4n) is 3.75. The van der Waals surface area contributed by atoms with Gasteiger partial charge >= 0.3 is 0 Å². The second-order valence-corrected chi connectivity index (χ2v) is 8.16. The van der Waals surface area contributed by atoms with E-state index in [1.165, 1.54) is 18.2 Å². The van der Waals surface area contributed by atoms with E-state index in [-0.39, 0.29) is 22.1 Å². The third kappa shape index (κ3) is 3.69. The number of nitrogens with zero attached hydrogens (tertiary/aromatic N) is 1. The molecule has 2 aliphatic rings. The summed E-state index contributed by atoms with van der Waals surface area (Å²) in [6.07, 6.45) is 1.34. The van der Waals surface area contributed by atoms with Gasteiger partial charge in [-0.25, -0.2) is 4.39 Å². The molecule has 0 spiro atoms. The normalized spacial score (nSPS) is 16.6. The molecule has 5 rings (SSSR count). The highest BCUT2D eigenvalue weighted by Gasteiger charge is 2.34. The van der Waals surface area contributed by atoms with Crippen LogP contribution in [0.2, 0.25) is 10.0 Å². The van der Waals surface area contributed by atoms with Gasteiger partial charge in [0.05, 0.1) is 16.1 Å². The largest absolute Gasteiger partial charge is 0.478 e. The maximum atomic E-state index is 14.2. The quantitative estimate of drug-likeness (QED) is 0.447. The average molecular weight is 456 g/mol. The molecule has 0 aliphatic carbocycles. The van der Waals surface area contributed by atoms with Crippen LogP contribution in [0, 0.1) is 5.82 Å². The van der Waals surface area contributed by atoms with Gasteiger partial charge in [0.2, 0.25) is 5.78 Å². The molecule has 0 unspecified atom stereocenters. The average Bonchev–Trinajstić information content (AvgIpc) is 3.08. The Morgan fingerprint density at radius 1 is 1.03 bits per heavy atom. The van der Waals surface area contributed by atoms with E-state index < -0.39 is 5.82 Å². The van der Waals surface area contributed by atoms with Gasteiger partial charge in [-0.2, -0.15) is 0 Å². The van der Waals surface area contributed by atoms with Gasteiger partial charge in [-0.1, -0.05) is 47.5 Å². The third-order valence-corrected chi connectivity index (χ3v) is 6.01. The molecule has 0 saturated carbocycles. The van der Waals surface area contributed by atoms with Crippen molar-refractivity contribution >= 4 is 35.1 Å². The number of hydrogen-bond donors (Lipinski definition) is 0. The molecule has 7 heteroatoms. The van der Waals surface area contributed by atoms with Crippen LogP contribution < -0.4 is 9.47 Å². The molecule has 0 saturated heterocycles. The zero-order valence-electron chi connectivity index (χ0n) is 16.2. The van der Waals surface area contributed by atoms with Crippen molar-refractivity contribution in [1.29, 1.82) is 0 Å². The van der Waals surface area contributed by atoms with Crippen LogP contribution in [0.15, 0.2) is 60.4 Å². The Balaban J connectivity index is 1.46. The first-order valence-corrected chi connectivity index (χ1v) is 10.4. The first-order chi connectivity index (χ1) is 15.0. The summed E-state index contributed by atoms with van der Waals surface area (Å²) in [4.78, 5) is 15.0. The van der Waals surface area contributed by atoms with E-state index in [0.717, 1.165) is 11.1 Å². The summed E-state index contributed by atoms with van der Waals surface area (Å²) in [5, 5.41) is 0.890. The summed E-state index contributed by atoms with van der Waals surface area (Å²) in [6, 6.07) is 15.4. The maximum absolute atomic E-state index is 14.2. The van der Waals surface area contributed by atoms with Crippen molar-refractivity contribution in [2.75, 3.05) is 6.73 Å². The molecular formula is C24H16Cl2FNO3. The number of carbonyl (C=O) groups is 1. The third-order valence-electron chi connectivity index (χ3n) is 5.31. The molecule has 0 N–H and O–H groups in total. The number of fused-ring (bicyclic) bond motifs is 3. The standard InChI is InChI=1S/C24H16Cl2FNO3/c25-18-5-2-1-4-14(18)11-28-12-17-21(30-13-28)9-8-15-23(29)22(31-24(15)17)10-16-19(26)6-3-7-20(16)27/h1-10H,11-13H2/b22-10-. The van der Waals surface area contributed by atoms with Crippen molar-refractivity contribution < 1.29 is 18.7 Å². The van der Waals surface area contributed by atoms with Crippen LogP contribution in [-0.4, -0.2) is 17.4 Å². The number of benzene rings is 3. The lowest BCUT2D eigenvalue weighted by Crippen LogP contribution is -2.31. The first kappa shape index (κ1) is 20.1. The highest BCUT2D eigenvalue weighted by Crippen LogP contribution is 2.42. The summed E-state index contributed by atoms with van der Waals surface area (Å²) < 4.78 is 26.0. The Bertz CT molecular complexity index is 1220. The van der Waals surface area contributed by atoms with Crippen molar-refractivity contribution in [3.05, 3.63) is 98.5 Å². The van der Waals surface area contributed by atoms with Crippen LogP contribution in [0.5, 0.6) is 11.5 Å². The summed E-state index contributed by atoms with van der Waals surface area (Å²) in [5.74, 6) is 0.278. The lowest BCUT2D eigenvalue weighted by Gasteiger charge is -2.30. The second kappa shape index (κ2) is 8.00. The van der Waals surface area contributed by atoms with E-state index in [1.54, 1.807) is 18.2 Å². The molecular weight excluding hydrogens is 440 g/mol. The molecule has 0 amide bonds. The second-order valence-electron chi connectivity index (χ2n) is 7.35. The predicted molar refractivity (Wildman–Crippen MR) is 117 cm³/mol. The molecule has 31 heavy (non-hydrogen) atoms. The summed E-state index contributed by atoms with van der Waals surface area (Å²) >= 11 is 12.4. The summed E-state index contributed by atoms with van der Waals surface area (Å²) in [6.45, 7) is 1.49. The SMILES string of the molecule is O=C1/C(=C/c2c(F)cccc2Cl)Oc2c1ccc1c2CN(Cc2ccccc2Cl)CO1. The Hall–Kier alpha value is -2.86. The molecule has 4 nitrogen and oxygen atoms in total. The minimum atomic E-state index is -0.524. The molecule has 0 radical (unpaired) electrons. The molecule has 3 aromatic carbocycles. The predicted octanol–water partition coefficient (Wildman–Crippen LogP) is 6.10.